The molecule has 0 atom stereocenters. The molecule has 106 valence electrons. The maximum absolute atomic E-state index is 12.3. The highest BCUT2D eigenvalue weighted by Gasteiger charge is 2.16. The molecular formula is C13H10BrCl2NO2S. The Labute approximate surface area is 136 Å². The minimum Gasteiger partial charge on any atom is -0.278 e. The molecule has 0 unspecified atom stereocenters. The fraction of sp³-hybridized carbons (Fsp3) is 0.0769. The van der Waals surface area contributed by atoms with Crippen molar-refractivity contribution < 1.29 is 8.42 Å². The lowest BCUT2D eigenvalue weighted by atomic mass is 10.2. The van der Waals surface area contributed by atoms with Gasteiger partial charge in [0, 0.05) is 9.50 Å². The second-order valence-electron chi connectivity index (χ2n) is 4.14. The molecule has 2 aromatic rings. The molecule has 0 spiro atoms. The summed E-state index contributed by atoms with van der Waals surface area (Å²) in [6.45, 7) is 1.81. The summed E-state index contributed by atoms with van der Waals surface area (Å²) in [6.07, 6.45) is 0. The smallest absolute Gasteiger partial charge is 0.261 e. The van der Waals surface area contributed by atoms with E-state index in [0.717, 1.165) is 10.0 Å². The summed E-state index contributed by atoms with van der Waals surface area (Å²) in [6, 6.07) is 9.36. The van der Waals surface area contributed by atoms with Gasteiger partial charge < -0.3 is 0 Å². The average Bonchev–Trinajstić information content (AvgIpc) is 2.36. The first-order valence-corrected chi connectivity index (χ1v) is 8.57. The van der Waals surface area contributed by atoms with E-state index in [-0.39, 0.29) is 15.6 Å². The van der Waals surface area contributed by atoms with Crippen molar-refractivity contribution in [3.63, 3.8) is 0 Å². The van der Waals surface area contributed by atoms with E-state index in [2.05, 4.69) is 20.7 Å². The zero-order valence-electron chi connectivity index (χ0n) is 10.3. The van der Waals surface area contributed by atoms with Crippen LogP contribution in [0.25, 0.3) is 0 Å². The minimum atomic E-state index is -3.71. The van der Waals surface area contributed by atoms with E-state index in [9.17, 15) is 8.42 Å². The molecule has 0 aliphatic rings. The molecule has 2 rings (SSSR count). The van der Waals surface area contributed by atoms with Crippen LogP contribution in [0.3, 0.4) is 0 Å². The van der Waals surface area contributed by atoms with Crippen LogP contribution >= 0.6 is 39.1 Å². The number of aryl methyl sites for hydroxylation is 1. The molecule has 0 heterocycles. The highest BCUT2D eigenvalue weighted by atomic mass is 79.9. The molecule has 0 saturated carbocycles. The van der Waals surface area contributed by atoms with Gasteiger partial charge >= 0.3 is 0 Å². The lowest BCUT2D eigenvalue weighted by Crippen LogP contribution is -2.13. The van der Waals surface area contributed by atoms with Gasteiger partial charge in [0.15, 0.2) is 0 Å². The van der Waals surface area contributed by atoms with Gasteiger partial charge in [-0.05, 0) is 48.9 Å². The zero-order valence-corrected chi connectivity index (χ0v) is 14.2. The second kappa shape index (κ2) is 5.93. The van der Waals surface area contributed by atoms with Crippen LogP contribution in [0.4, 0.5) is 5.69 Å². The molecule has 0 amide bonds. The van der Waals surface area contributed by atoms with Crippen LogP contribution < -0.4 is 4.72 Å². The molecule has 0 radical (unpaired) electrons. The fourth-order valence-corrected chi connectivity index (χ4v) is 3.36. The molecule has 0 bridgehead atoms. The van der Waals surface area contributed by atoms with Crippen molar-refractivity contribution in [2.45, 2.75) is 11.8 Å². The van der Waals surface area contributed by atoms with E-state index in [0.29, 0.717) is 5.02 Å². The number of benzene rings is 2. The molecule has 0 aliphatic carbocycles. The molecule has 0 aromatic heterocycles. The summed E-state index contributed by atoms with van der Waals surface area (Å²) >= 11 is 15.1. The molecule has 3 nitrogen and oxygen atoms in total. The van der Waals surface area contributed by atoms with Crippen molar-refractivity contribution in [2.75, 3.05) is 4.72 Å². The Kier molecular flexibility index (Phi) is 4.64. The number of nitrogens with one attached hydrogen (secondary N) is 1. The van der Waals surface area contributed by atoms with Gasteiger partial charge in [0.2, 0.25) is 0 Å². The molecule has 1 N–H and O–H groups in total. The SMILES string of the molecule is Cc1cc(S(=O)(=O)Nc2cc(Cl)ccc2Cl)ccc1Br. The lowest BCUT2D eigenvalue weighted by molar-refractivity contribution is 0.601. The van der Waals surface area contributed by atoms with Crippen molar-refractivity contribution >= 4 is 54.8 Å². The van der Waals surface area contributed by atoms with Gasteiger partial charge in [-0.1, -0.05) is 39.1 Å². The van der Waals surface area contributed by atoms with Crippen molar-refractivity contribution in [3.8, 4) is 0 Å². The van der Waals surface area contributed by atoms with Gasteiger partial charge in [-0.25, -0.2) is 8.42 Å². The van der Waals surface area contributed by atoms with Crippen molar-refractivity contribution in [2.24, 2.45) is 0 Å². The van der Waals surface area contributed by atoms with E-state index in [1.165, 1.54) is 18.2 Å². The van der Waals surface area contributed by atoms with E-state index in [1.54, 1.807) is 18.2 Å². The summed E-state index contributed by atoms with van der Waals surface area (Å²) in [5.74, 6) is 0. The number of hydrogen-bond donors (Lipinski definition) is 1. The van der Waals surface area contributed by atoms with E-state index in [4.69, 9.17) is 23.2 Å². The first kappa shape index (κ1) is 15.6. The number of rotatable bonds is 3. The van der Waals surface area contributed by atoms with E-state index < -0.39 is 10.0 Å². The molecule has 0 aliphatic heterocycles. The number of hydrogen-bond acceptors (Lipinski definition) is 2. The van der Waals surface area contributed by atoms with Gasteiger partial charge in [-0.2, -0.15) is 0 Å². The third kappa shape index (κ3) is 3.47. The van der Waals surface area contributed by atoms with Gasteiger partial charge in [0.1, 0.15) is 0 Å². The summed E-state index contributed by atoms with van der Waals surface area (Å²) < 4.78 is 27.9. The lowest BCUT2D eigenvalue weighted by Gasteiger charge is -2.11. The largest absolute Gasteiger partial charge is 0.278 e. The maximum Gasteiger partial charge on any atom is 0.261 e. The van der Waals surface area contributed by atoms with Crippen LogP contribution in [-0.2, 0) is 10.0 Å². The Morgan fingerprint density at radius 2 is 1.80 bits per heavy atom. The standard InChI is InChI=1S/C13H10BrCl2NO2S/c1-8-6-10(3-4-11(8)14)20(18,19)17-13-7-9(15)2-5-12(13)16/h2-7,17H,1H3. The zero-order chi connectivity index (χ0) is 14.9. The molecular weight excluding hydrogens is 385 g/mol. The quantitative estimate of drug-likeness (QED) is 0.807. The van der Waals surface area contributed by atoms with Crippen molar-refractivity contribution in [1.29, 1.82) is 0 Å². The molecule has 7 heteroatoms. The summed E-state index contributed by atoms with van der Waals surface area (Å²) in [4.78, 5) is 0.161. The summed E-state index contributed by atoms with van der Waals surface area (Å²) in [7, 11) is -3.71. The number of sulfonamides is 1. The van der Waals surface area contributed by atoms with Crippen LogP contribution in [0, 0.1) is 6.92 Å². The normalized spacial score (nSPS) is 11.4. The third-order valence-electron chi connectivity index (χ3n) is 2.61. The second-order valence-corrected chi connectivity index (χ2v) is 7.52. The molecule has 20 heavy (non-hydrogen) atoms. The monoisotopic (exact) mass is 393 g/mol. The minimum absolute atomic E-state index is 0.161. The fourth-order valence-electron chi connectivity index (χ4n) is 1.56. The van der Waals surface area contributed by atoms with Crippen LogP contribution in [-0.4, -0.2) is 8.42 Å². The van der Waals surface area contributed by atoms with Crippen LogP contribution in [0.5, 0.6) is 0 Å². The predicted molar refractivity (Wildman–Crippen MR) is 86.1 cm³/mol. The van der Waals surface area contributed by atoms with E-state index >= 15 is 0 Å². The Balaban J connectivity index is 2.40. The average molecular weight is 395 g/mol. The maximum atomic E-state index is 12.3. The highest BCUT2D eigenvalue weighted by Crippen LogP contribution is 2.28. The van der Waals surface area contributed by atoms with Gasteiger partial charge in [-0.3, -0.25) is 4.72 Å². The molecule has 0 fully saturated rings. The highest BCUT2D eigenvalue weighted by molar-refractivity contribution is 9.10. The van der Waals surface area contributed by atoms with Crippen molar-refractivity contribution in [3.05, 3.63) is 56.5 Å². The first-order valence-electron chi connectivity index (χ1n) is 5.53. The first-order chi connectivity index (χ1) is 9.29. The summed E-state index contributed by atoms with van der Waals surface area (Å²) in [5, 5.41) is 0.686. The number of anilines is 1. The number of halogens is 3. The Bertz CT molecular complexity index is 763. The molecule has 0 saturated heterocycles. The molecule has 2 aromatic carbocycles. The van der Waals surface area contributed by atoms with Gasteiger partial charge in [-0.15, -0.1) is 0 Å². The van der Waals surface area contributed by atoms with E-state index in [1.807, 2.05) is 6.92 Å². The third-order valence-corrected chi connectivity index (χ3v) is 5.43. The van der Waals surface area contributed by atoms with Crippen LogP contribution in [0.15, 0.2) is 45.8 Å². The summed E-state index contributed by atoms with van der Waals surface area (Å²) in [5.41, 5.74) is 1.07. The predicted octanol–water partition coefficient (Wildman–Crippen LogP) is 4.87. The van der Waals surface area contributed by atoms with Crippen LogP contribution in [0.2, 0.25) is 10.0 Å². The van der Waals surface area contributed by atoms with Crippen molar-refractivity contribution in [1.82, 2.24) is 0 Å². The topological polar surface area (TPSA) is 46.2 Å². The van der Waals surface area contributed by atoms with Gasteiger partial charge in [0.05, 0.1) is 15.6 Å². The Morgan fingerprint density at radius 3 is 2.45 bits per heavy atom. The Hall–Kier alpha value is -0.750. The van der Waals surface area contributed by atoms with Crippen LogP contribution in [0.1, 0.15) is 5.56 Å². The van der Waals surface area contributed by atoms with Gasteiger partial charge in [0.25, 0.3) is 10.0 Å². The Morgan fingerprint density at radius 1 is 1.10 bits per heavy atom.